The smallest absolute Gasteiger partial charge is 0.287 e. The summed E-state index contributed by atoms with van der Waals surface area (Å²) in [5.41, 5.74) is 2.97. The topological polar surface area (TPSA) is 60.9 Å². The van der Waals surface area contributed by atoms with Gasteiger partial charge in [-0.3, -0.25) is 4.79 Å². The number of aromatic nitrogens is 3. The Bertz CT molecular complexity index is 1290. The molecule has 0 bridgehead atoms. The van der Waals surface area contributed by atoms with Gasteiger partial charge in [-0.25, -0.2) is 0 Å². The quantitative estimate of drug-likeness (QED) is 0.434. The average molecular weight is 348 g/mol. The number of carbonyl (C=O) groups excluding carboxylic acids is 1. The predicted octanol–water partition coefficient (Wildman–Crippen LogP) is 4.70. The Kier molecular flexibility index (Phi) is 2.93. The third kappa shape index (κ3) is 2.21. The molecule has 0 radical (unpaired) electrons. The van der Waals surface area contributed by atoms with Gasteiger partial charge in [0.15, 0.2) is 5.76 Å². The molecule has 0 amide bonds. The molecule has 0 spiro atoms. The van der Waals surface area contributed by atoms with E-state index in [1.54, 1.807) is 16.9 Å². The van der Waals surface area contributed by atoms with Crippen LogP contribution in [0, 0.1) is 0 Å². The van der Waals surface area contributed by atoms with Crippen molar-refractivity contribution in [2.24, 2.45) is 0 Å². The van der Waals surface area contributed by atoms with Crippen LogP contribution in [0.25, 0.3) is 38.5 Å². The number of benzene rings is 3. The molecule has 0 N–H and O–H groups in total. The van der Waals surface area contributed by atoms with Crippen molar-refractivity contribution in [2.45, 2.75) is 0 Å². The van der Waals surface area contributed by atoms with Gasteiger partial charge in [0, 0.05) is 16.8 Å². The molecule has 0 saturated heterocycles. The highest BCUT2D eigenvalue weighted by Gasteiger charge is 2.12. The molecule has 0 aliphatic rings. The van der Waals surface area contributed by atoms with Crippen LogP contribution >= 0.6 is 11.6 Å². The van der Waals surface area contributed by atoms with Crippen molar-refractivity contribution in [3.05, 3.63) is 66.4 Å². The van der Waals surface area contributed by atoms with Crippen LogP contribution in [-0.4, -0.2) is 20.2 Å². The minimum absolute atomic E-state index is 0.124. The first-order valence-corrected chi connectivity index (χ1v) is 8.05. The number of halogens is 1. The van der Waals surface area contributed by atoms with E-state index in [2.05, 4.69) is 10.2 Å². The number of hydrogen-bond donors (Lipinski definition) is 0. The third-order valence-corrected chi connectivity index (χ3v) is 4.39. The lowest BCUT2D eigenvalue weighted by Gasteiger charge is -1.98. The fraction of sp³-hybridized carbons (Fsp3) is 0. The van der Waals surface area contributed by atoms with E-state index in [-0.39, 0.29) is 5.76 Å². The summed E-state index contributed by atoms with van der Waals surface area (Å²) in [6.07, 6.45) is 0. The minimum atomic E-state index is -0.618. The standard InChI is InChI=1S/C19H10ClN3O2/c20-19(24)17-9-12-5-7-13(10-16(12)25-17)23-21-15-8-6-11-3-1-2-4-14(11)18(15)22-23/h1-10H. The normalized spacial score (nSPS) is 11.6. The van der Waals surface area contributed by atoms with E-state index in [9.17, 15) is 4.79 Å². The second-order valence-electron chi connectivity index (χ2n) is 5.75. The predicted molar refractivity (Wildman–Crippen MR) is 96.3 cm³/mol. The Morgan fingerprint density at radius 1 is 0.960 bits per heavy atom. The van der Waals surface area contributed by atoms with E-state index in [1.807, 2.05) is 48.5 Å². The molecule has 5 nitrogen and oxygen atoms in total. The van der Waals surface area contributed by atoms with Gasteiger partial charge in [-0.05, 0) is 41.3 Å². The maximum absolute atomic E-state index is 11.3. The molecule has 25 heavy (non-hydrogen) atoms. The molecule has 0 atom stereocenters. The third-order valence-electron chi connectivity index (χ3n) is 4.20. The highest BCUT2D eigenvalue weighted by Crippen LogP contribution is 2.26. The van der Waals surface area contributed by atoms with Crippen LogP contribution in [0.3, 0.4) is 0 Å². The molecule has 0 aliphatic carbocycles. The van der Waals surface area contributed by atoms with Crippen LogP contribution in [0.5, 0.6) is 0 Å². The summed E-state index contributed by atoms with van der Waals surface area (Å²) in [5.74, 6) is 0.124. The van der Waals surface area contributed by atoms with E-state index in [0.29, 0.717) is 5.58 Å². The van der Waals surface area contributed by atoms with Gasteiger partial charge in [-0.2, -0.15) is 4.80 Å². The van der Waals surface area contributed by atoms with Gasteiger partial charge in [0.25, 0.3) is 5.24 Å². The van der Waals surface area contributed by atoms with Gasteiger partial charge in [-0.1, -0.05) is 30.3 Å². The van der Waals surface area contributed by atoms with Gasteiger partial charge in [0.05, 0.1) is 5.69 Å². The van der Waals surface area contributed by atoms with Crippen molar-refractivity contribution in [2.75, 3.05) is 0 Å². The first-order valence-electron chi connectivity index (χ1n) is 7.68. The Morgan fingerprint density at radius 3 is 2.68 bits per heavy atom. The Morgan fingerprint density at radius 2 is 1.80 bits per heavy atom. The van der Waals surface area contributed by atoms with Gasteiger partial charge < -0.3 is 4.42 Å². The number of hydrogen-bond acceptors (Lipinski definition) is 4. The maximum Gasteiger partial charge on any atom is 0.287 e. The summed E-state index contributed by atoms with van der Waals surface area (Å²) in [4.78, 5) is 12.8. The summed E-state index contributed by atoms with van der Waals surface area (Å²) in [6, 6.07) is 19.2. The lowest BCUT2D eigenvalue weighted by atomic mass is 10.1. The molecule has 0 unspecified atom stereocenters. The molecule has 5 aromatic rings. The van der Waals surface area contributed by atoms with Crippen LogP contribution < -0.4 is 0 Å². The highest BCUT2D eigenvalue weighted by molar-refractivity contribution is 6.67. The Labute approximate surface area is 146 Å². The van der Waals surface area contributed by atoms with Crippen molar-refractivity contribution in [3.8, 4) is 5.69 Å². The van der Waals surface area contributed by atoms with E-state index < -0.39 is 5.24 Å². The van der Waals surface area contributed by atoms with E-state index >= 15 is 0 Å². The SMILES string of the molecule is O=C(Cl)c1cc2ccc(-n3nc4ccc5ccccc5c4n3)cc2o1. The zero-order valence-corrected chi connectivity index (χ0v) is 13.6. The number of nitrogens with zero attached hydrogens (tertiary/aromatic N) is 3. The van der Waals surface area contributed by atoms with E-state index in [0.717, 1.165) is 32.9 Å². The maximum atomic E-state index is 11.3. The number of rotatable bonds is 2. The summed E-state index contributed by atoms with van der Waals surface area (Å²) in [7, 11) is 0. The molecule has 2 heterocycles. The molecule has 3 aromatic carbocycles. The van der Waals surface area contributed by atoms with Crippen molar-refractivity contribution in [1.82, 2.24) is 15.0 Å². The van der Waals surface area contributed by atoms with Crippen molar-refractivity contribution >= 4 is 49.6 Å². The van der Waals surface area contributed by atoms with Crippen LogP contribution in [-0.2, 0) is 0 Å². The number of carbonyl (C=O) groups is 1. The summed E-state index contributed by atoms with van der Waals surface area (Å²) in [6.45, 7) is 0. The zero-order chi connectivity index (χ0) is 17.0. The first-order chi connectivity index (χ1) is 12.2. The molecule has 0 fully saturated rings. The molecule has 6 heteroatoms. The largest absolute Gasteiger partial charge is 0.452 e. The fourth-order valence-corrected chi connectivity index (χ4v) is 3.10. The molecule has 0 saturated carbocycles. The summed E-state index contributed by atoms with van der Waals surface area (Å²) >= 11 is 5.48. The van der Waals surface area contributed by atoms with Gasteiger partial charge in [-0.15, -0.1) is 10.2 Å². The van der Waals surface area contributed by atoms with Crippen molar-refractivity contribution in [1.29, 1.82) is 0 Å². The van der Waals surface area contributed by atoms with Gasteiger partial charge in [0.1, 0.15) is 16.6 Å². The Hall–Kier alpha value is -3.18. The number of furan rings is 1. The lowest BCUT2D eigenvalue weighted by molar-refractivity contribution is 0.105. The van der Waals surface area contributed by atoms with Crippen molar-refractivity contribution in [3.63, 3.8) is 0 Å². The summed E-state index contributed by atoms with van der Waals surface area (Å²) in [5, 5.41) is 11.5. The number of fused-ring (bicyclic) bond motifs is 4. The van der Waals surface area contributed by atoms with Gasteiger partial charge in [0.2, 0.25) is 0 Å². The van der Waals surface area contributed by atoms with Crippen LogP contribution in [0.4, 0.5) is 0 Å². The lowest BCUT2D eigenvalue weighted by Crippen LogP contribution is -1.97. The van der Waals surface area contributed by atoms with Crippen LogP contribution in [0.15, 0.2) is 65.1 Å². The van der Waals surface area contributed by atoms with E-state index in [1.165, 1.54) is 0 Å². The molecule has 5 rings (SSSR count). The molecule has 0 aliphatic heterocycles. The average Bonchev–Trinajstić information content (AvgIpc) is 3.25. The van der Waals surface area contributed by atoms with Crippen LogP contribution in [0.2, 0.25) is 0 Å². The van der Waals surface area contributed by atoms with Crippen molar-refractivity contribution < 1.29 is 9.21 Å². The molecular formula is C19H10ClN3O2. The van der Waals surface area contributed by atoms with E-state index in [4.69, 9.17) is 16.0 Å². The van der Waals surface area contributed by atoms with Crippen LogP contribution in [0.1, 0.15) is 10.6 Å². The second-order valence-corrected chi connectivity index (χ2v) is 6.09. The Balaban J connectivity index is 1.70. The zero-order valence-electron chi connectivity index (χ0n) is 12.8. The second kappa shape index (κ2) is 5.16. The summed E-state index contributed by atoms with van der Waals surface area (Å²) < 4.78 is 5.49. The molecule has 2 aromatic heterocycles. The molecular weight excluding hydrogens is 338 g/mol. The molecule has 120 valence electrons. The fourth-order valence-electron chi connectivity index (χ4n) is 3.01. The van der Waals surface area contributed by atoms with Gasteiger partial charge >= 0.3 is 0 Å². The minimum Gasteiger partial charge on any atom is -0.452 e. The monoisotopic (exact) mass is 347 g/mol. The first kappa shape index (κ1) is 14.2. The highest BCUT2D eigenvalue weighted by atomic mass is 35.5.